The van der Waals surface area contributed by atoms with Gasteiger partial charge in [0.25, 0.3) is 0 Å². The molecule has 0 saturated heterocycles. The Morgan fingerprint density at radius 2 is 2.29 bits per heavy atom. The molecule has 0 atom stereocenters. The summed E-state index contributed by atoms with van der Waals surface area (Å²) in [6.07, 6.45) is 0. The molecular formula is C10H9N3O2S2. The first kappa shape index (κ1) is 12.0. The number of aryl methyl sites for hydroxylation is 1. The molecule has 5 nitrogen and oxygen atoms in total. The Hall–Kier alpha value is -1.47. The largest absolute Gasteiger partial charge is 0.477 e. The van der Waals surface area contributed by atoms with Crippen molar-refractivity contribution < 1.29 is 9.90 Å². The molecule has 0 fully saturated rings. The summed E-state index contributed by atoms with van der Waals surface area (Å²) >= 11 is 3.02. The minimum atomic E-state index is -1.01. The van der Waals surface area contributed by atoms with Crippen LogP contribution in [0.5, 0.6) is 0 Å². The summed E-state index contributed by atoms with van der Waals surface area (Å²) in [6.45, 7) is 1.89. The SMILES string of the molecule is Cc1nnc(SCc2cccc(C(=O)O)n2)s1. The molecule has 88 valence electrons. The fourth-order valence-corrected chi connectivity index (χ4v) is 2.87. The Labute approximate surface area is 106 Å². The molecule has 2 rings (SSSR count). The monoisotopic (exact) mass is 267 g/mol. The first-order valence-corrected chi connectivity index (χ1v) is 6.57. The van der Waals surface area contributed by atoms with E-state index in [1.54, 1.807) is 12.1 Å². The quantitative estimate of drug-likeness (QED) is 0.856. The van der Waals surface area contributed by atoms with Gasteiger partial charge >= 0.3 is 5.97 Å². The van der Waals surface area contributed by atoms with Crippen molar-refractivity contribution in [1.82, 2.24) is 15.2 Å². The van der Waals surface area contributed by atoms with Crippen LogP contribution in [0.1, 0.15) is 21.2 Å². The fourth-order valence-electron chi connectivity index (χ4n) is 1.15. The normalized spacial score (nSPS) is 10.4. The zero-order valence-electron chi connectivity index (χ0n) is 8.95. The number of hydrogen-bond acceptors (Lipinski definition) is 6. The maximum Gasteiger partial charge on any atom is 0.354 e. The van der Waals surface area contributed by atoms with E-state index < -0.39 is 5.97 Å². The van der Waals surface area contributed by atoms with Crippen molar-refractivity contribution >= 4 is 29.1 Å². The van der Waals surface area contributed by atoms with Crippen molar-refractivity contribution in [2.24, 2.45) is 0 Å². The number of aromatic carboxylic acids is 1. The van der Waals surface area contributed by atoms with Gasteiger partial charge in [0.2, 0.25) is 0 Å². The first-order chi connectivity index (χ1) is 8.15. The van der Waals surface area contributed by atoms with E-state index in [0.717, 1.165) is 15.0 Å². The van der Waals surface area contributed by atoms with Crippen LogP contribution in [-0.2, 0) is 5.75 Å². The summed E-state index contributed by atoms with van der Waals surface area (Å²) in [6, 6.07) is 4.97. The van der Waals surface area contributed by atoms with E-state index in [1.807, 2.05) is 6.92 Å². The molecule has 0 aromatic carbocycles. The molecule has 0 aliphatic heterocycles. The zero-order valence-corrected chi connectivity index (χ0v) is 10.6. The van der Waals surface area contributed by atoms with Crippen LogP contribution in [0.3, 0.4) is 0 Å². The highest BCUT2D eigenvalue weighted by Crippen LogP contribution is 2.24. The third-order valence-electron chi connectivity index (χ3n) is 1.88. The number of rotatable bonds is 4. The molecule has 2 heterocycles. The summed E-state index contributed by atoms with van der Waals surface area (Å²) in [4.78, 5) is 14.8. The highest BCUT2D eigenvalue weighted by Gasteiger charge is 2.06. The van der Waals surface area contributed by atoms with Crippen molar-refractivity contribution in [2.45, 2.75) is 17.0 Å². The predicted octanol–water partition coefficient (Wildman–Crippen LogP) is 2.23. The lowest BCUT2D eigenvalue weighted by atomic mass is 10.3. The molecule has 0 saturated carbocycles. The van der Waals surface area contributed by atoms with E-state index >= 15 is 0 Å². The van der Waals surface area contributed by atoms with Gasteiger partial charge in [-0.15, -0.1) is 10.2 Å². The Balaban J connectivity index is 2.04. The summed E-state index contributed by atoms with van der Waals surface area (Å²) < 4.78 is 0.866. The number of carboxylic acid groups (broad SMARTS) is 1. The molecule has 1 N–H and O–H groups in total. The van der Waals surface area contributed by atoms with Gasteiger partial charge in [-0.3, -0.25) is 0 Å². The molecule has 0 amide bonds. The van der Waals surface area contributed by atoms with Crippen molar-refractivity contribution in [3.05, 3.63) is 34.6 Å². The van der Waals surface area contributed by atoms with Crippen LogP contribution < -0.4 is 0 Å². The second kappa shape index (κ2) is 5.24. The lowest BCUT2D eigenvalue weighted by Gasteiger charge is -1.99. The zero-order chi connectivity index (χ0) is 12.3. The molecule has 0 aliphatic rings. The summed E-state index contributed by atoms with van der Waals surface area (Å²) in [5.41, 5.74) is 0.791. The number of thioether (sulfide) groups is 1. The molecule has 7 heteroatoms. The van der Waals surface area contributed by atoms with Crippen LogP contribution in [0.2, 0.25) is 0 Å². The predicted molar refractivity (Wildman–Crippen MR) is 65.4 cm³/mol. The van der Waals surface area contributed by atoms with E-state index in [0.29, 0.717) is 5.75 Å². The van der Waals surface area contributed by atoms with Crippen LogP contribution in [0.25, 0.3) is 0 Å². The number of aromatic nitrogens is 3. The lowest BCUT2D eigenvalue weighted by Crippen LogP contribution is -2.01. The second-order valence-electron chi connectivity index (χ2n) is 3.19. The molecule has 0 aliphatic carbocycles. The molecule has 17 heavy (non-hydrogen) atoms. The van der Waals surface area contributed by atoms with Crippen LogP contribution in [-0.4, -0.2) is 26.3 Å². The molecule has 0 unspecified atom stereocenters. The van der Waals surface area contributed by atoms with Gasteiger partial charge in [0.15, 0.2) is 4.34 Å². The maximum atomic E-state index is 10.7. The highest BCUT2D eigenvalue weighted by atomic mass is 32.2. The van der Waals surface area contributed by atoms with E-state index in [9.17, 15) is 4.79 Å². The second-order valence-corrected chi connectivity index (χ2v) is 5.60. The van der Waals surface area contributed by atoms with Crippen LogP contribution in [0.15, 0.2) is 22.5 Å². The molecule has 2 aromatic rings. The third kappa shape index (κ3) is 3.24. The molecule has 2 aromatic heterocycles. The van der Waals surface area contributed by atoms with Crippen LogP contribution >= 0.6 is 23.1 Å². The van der Waals surface area contributed by atoms with E-state index in [1.165, 1.54) is 29.2 Å². The third-order valence-corrected chi connectivity index (χ3v) is 3.88. The summed E-state index contributed by atoms with van der Waals surface area (Å²) in [5.74, 6) is -0.418. The van der Waals surface area contributed by atoms with Crippen LogP contribution in [0.4, 0.5) is 0 Å². The number of hydrogen-bond donors (Lipinski definition) is 1. The van der Waals surface area contributed by atoms with Gasteiger partial charge in [0.05, 0.1) is 5.69 Å². The number of pyridine rings is 1. The van der Waals surface area contributed by atoms with Gasteiger partial charge in [-0.05, 0) is 19.1 Å². The number of carboxylic acids is 1. The number of carbonyl (C=O) groups is 1. The van der Waals surface area contributed by atoms with Gasteiger partial charge in [0, 0.05) is 5.75 Å². The van der Waals surface area contributed by atoms with Gasteiger partial charge in [-0.1, -0.05) is 29.2 Å². The van der Waals surface area contributed by atoms with Crippen molar-refractivity contribution in [1.29, 1.82) is 0 Å². The van der Waals surface area contributed by atoms with Gasteiger partial charge < -0.3 is 5.11 Å². The van der Waals surface area contributed by atoms with Gasteiger partial charge in [0.1, 0.15) is 10.7 Å². The summed E-state index contributed by atoms with van der Waals surface area (Å²) in [5, 5.41) is 17.6. The molecule has 0 spiro atoms. The van der Waals surface area contributed by atoms with Gasteiger partial charge in [-0.2, -0.15) is 0 Å². The standard InChI is InChI=1S/C10H9N3O2S2/c1-6-12-13-10(17-6)16-5-7-3-2-4-8(11-7)9(14)15/h2-4H,5H2,1H3,(H,14,15). The fraction of sp³-hybridized carbons (Fsp3) is 0.200. The Morgan fingerprint density at radius 1 is 1.47 bits per heavy atom. The maximum absolute atomic E-state index is 10.7. The first-order valence-electron chi connectivity index (χ1n) is 4.77. The van der Waals surface area contributed by atoms with E-state index in [-0.39, 0.29) is 5.69 Å². The topological polar surface area (TPSA) is 76.0 Å². The van der Waals surface area contributed by atoms with E-state index in [2.05, 4.69) is 15.2 Å². The number of nitrogens with zero attached hydrogens (tertiary/aromatic N) is 3. The lowest BCUT2D eigenvalue weighted by molar-refractivity contribution is 0.0690. The summed E-state index contributed by atoms with van der Waals surface area (Å²) in [7, 11) is 0. The average Bonchev–Trinajstić information content (AvgIpc) is 2.73. The molecule has 0 bridgehead atoms. The average molecular weight is 267 g/mol. The Bertz CT molecular complexity index is 542. The van der Waals surface area contributed by atoms with Crippen LogP contribution in [0, 0.1) is 6.92 Å². The highest BCUT2D eigenvalue weighted by molar-refractivity contribution is 8.00. The molecular weight excluding hydrogens is 258 g/mol. The Kier molecular flexibility index (Phi) is 3.70. The Morgan fingerprint density at radius 3 is 2.94 bits per heavy atom. The minimum Gasteiger partial charge on any atom is -0.477 e. The van der Waals surface area contributed by atoms with E-state index in [4.69, 9.17) is 5.11 Å². The molecule has 0 radical (unpaired) electrons. The van der Waals surface area contributed by atoms with Gasteiger partial charge in [-0.25, -0.2) is 9.78 Å². The van der Waals surface area contributed by atoms with Crippen molar-refractivity contribution in [2.75, 3.05) is 0 Å². The minimum absolute atomic E-state index is 0.0662. The van der Waals surface area contributed by atoms with Crippen molar-refractivity contribution in [3.63, 3.8) is 0 Å². The van der Waals surface area contributed by atoms with Crippen molar-refractivity contribution in [3.8, 4) is 0 Å². The smallest absolute Gasteiger partial charge is 0.354 e.